The average molecular weight is 397 g/mol. The molecule has 0 saturated carbocycles. The highest BCUT2D eigenvalue weighted by Gasteiger charge is 2.35. The van der Waals surface area contributed by atoms with Crippen LogP contribution in [0.1, 0.15) is 52.4 Å². The van der Waals surface area contributed by atoms with E-state index < -0.39 is 29.9 Å². The zero-order valence-corrected chi connectivity index (χ0v) is 17.4. The topological polar surface area (TPSA) is 107 Å². The highest BCUT2D eigenvalue weighted by Crippen LogP contribution is 2.16. The predicted octanol–water partition coefficient (Wildman–Crippen LogP) is 2.36. The fourth-order valence-corrected chi connectivity index (χ4v) is 2.85. The van der Waals surface area contributed by atoms with E-state index in [9.17, 15) is 19.5 Å². The second-order valence-corrected chi connectivity index (χ2v) is 7.38. The van der Waals surface area contributed by atoms with Crippen LogP contribution in [0.4, 0.5) is 0 Å². The van der Waals surface area contributed by atoms with E-state index in [1.165, 1.54) is 0 Å². The quantitative estimate of drug-likeness (QED) is 0.291. The summed E-state index contributed by atoms with van der Waals surface area (Å²) < 4.78 is 0. The monoisotopic (exact) mass is 396 g/mol. The molecule has 0 radical (unpaired) electrons. The van der Waals surface area contributed by atoms with E-state index in [2.05, 4.69) is 18.5 Å². The third-order valence-corrected chi connectivity index (χ3v) is 4.65. The van der Waals surface area contributed by atoms with Crippen LogP contribution >= 0.6 is 0 Å². The Morgan fingerprint density at radius 1 is 1.07 bits per heavy atom. The first-order valence-electron chi connectivity index (χ1n) is 9.85. The summed E-state index contributed by atoms with van der Waals surface area (Å²) in [6.45, 7) is 11.5. The number of rotatable bonds is 15. The van der Waals surface area contributed by atoms with Gasteiger partial charge in [-0.15, -0.1) is 13.2 Å². The van der Waals surface area contributed by atoms with E-state index >= 15 is 0 Å². The molecule has 0 bridgehead atoms. The van der Waals surface area contributed by atoms with Crippen LogP contribution < -0.4 is 5.32 Å². The van der Waals surface area contributed by atoms with E-state index in [1.807, 2.05) is 19.9 Å². The van der Waals surface area contributed by atoms with Crippen LogP contribution in [0.3, 0.4) is 0 Å². The Hall–Kier alpha value is -2.15. The number of carboxylic acids is 1. The molecule has 0 unspecified atom stereocenters. The van der Waals surface area contributed by atoms with Crippen LogP contribution in [0, 0.1) is 11.8 Å². The van der Waals surface area contributed by atoms with Crippen molar-refractivity contribution in [2.45, 2.75) is 64.5 Å². The molecule has 0 aliphatic rings. The number of hydrogen-bond donors (Lipinski definition) is 3. The SMILES string of the molecule is C=CCCCCN(C)C(=O)[C@@H](NC(=O)[C@H](CCCC=C)[C@H](O)C(=O)O)C(C)C. The van der Waals surface area contributed by atoms with Gasteiger partial charge >= 0.3 is 5.97 Å². The summed E-state index contributed by atoms with van der Waals surface area (Å²) in [5.41, 5.74) is 0. The molecule has 0 aromatic carbocycles. The first-order chi connectivity index (χ1) is 13.2. The Morgan fingerprint density at radius 3 is 2.14 bits per heavy atom. The summed E-state index contributed by atoms with van der Waals surface area (Å²) in [5.74, 6) is -3.60. The van der Waals surface area contributed by atoms with Gasteiger partial charge in [-0.2, -0.15) is 0 Å². The predicted molar refractivity (Wildman–Crippen MR) is 110 cm³/mol. The van der Waals surface area contributed by atoms with Crippen molar-refractivity contribution in [1.82, 2.24) is 10.2 Å². The van der Waals surface area contributed by atoms with Crippen molar-refractivity contribution in [2.24, 2.45) is 11.8 Å². The lowest BCUT2D eigenvalue weighted by molar-refractivity contribution is -0.154. The molecule has 0 aromatic heterocycles. The number of nitrogens with zero attached hydrogens (tertiary/aromatic N) is 1. The van der Waals surface area contributed by atoms with Crippen molar-refractivity contribution in [2.75, 3.05) is 13.6 Å². The smallest absolute Gasteiger partial charge is 0.333 e. The van der Waals surface area contributed by atoms with Crippen molar-refractivity contribution in [3.8, 4) is 0 Å². The molecule has 0 saturated heterocycles. The zero-order chi connectivity index (χ0) is 21.7. The summed E-state index contributed by atoms with van der Waals surface area (Å²) in [5, 5.41) is 21.7. The molecule has 3 N–H and O–H groups in total. The molecule has 0 aromatic rings. The summed E-state index contributed by atoms with van der Waals surface area (Å²) >= 11 is 0. The second kappa shape index (κ2) is 13.9. The number of carbonyl (C=O) groups excluding carboxylic acids is 2. The number of aliphatic carboxylic acids is 1. The Morgan fingerprint density at radius 2 is 1.64 bits per heavy atom. The van der Waals surface area contributed by atoms with Gasteiger partial charge in [0.15, 0.2) is 6.10 Å². The number of hydrogen-bond acceptors (Lipinski definition) is 4. The minimum absolute atomic E-state index is 0.178. The third kappa shape index (κ3) is 9.17. The first-order valence-corrected chi connectivity index (χ1v) is 9.85. The number of aliphatic hydroxyl groups is 1. The molecule has 3 atom stereocenters. The van der Waals surface area contributed by atoms with Gasteiger partial charge in [-0.1, -0.05) is 26.0 Å². The molecule has 0 fully saturated rings. The van der Waals surface area contributed by atoms with Gasteiger partial charge in [0.1, 0.15) is 6.04 Å². The largest absolute Gasteiger partial charge is 0.479 e. The van der Waals surface area contributed by atoms with Gasteiger partial charge in [-0.3, -0.25) is 9.59 Å². The summed E-state index contributed by atoms with van der Waals surface area (Å²) in [7, 11) is 1.69. The summed E-state index contributed by atoms with van der Waals surface area (Å²) in [4.78, 5) is 38.2. The molecule has 7 heteroatoms. The molecule has 0 aliphatic heterocycles. The van der Waals surface area contributed by atoms with Crippen molar-refractivity contribution >= 4 is 17.8 Å². The minimum Gasteiger partial charge on any atom is -0.479 e. The third-order valence-electron chi connectivity index (χ3n) is 4.65. The number of unbranched alkanes of at least 4 members (excludes halogenated alkanes) is 3. The van der Waals surface area contributed by atoms with E-state index in [0.29, 0.717) is 19.4 Å². The standard InChI is InChI=1S/C21H36N2O5/c1-6-8-10-12-14-23(5)20(26)17(15(3)4)22-19(25)16(13-11-9-7-2)18(24)21(27)28/h6-7,15-18,24H,1-2,8-14H2,3-5H3,(H,22,25)(H,27,28)/t16-,17+,18+/m1/s1. The summed E-state index contributed by atoms with van der Waals surface area (Å²) in [6, 6.07) is -0.778. The maximum atomic E-state index is 12.8. The Bertz CT molecular complexity index is 533. The number of likely N-dealkylation sites (N-methyl/N-ethyl adjacent to an activating group) is 1. The van der Waals surface area contributed by atoms with Crippen molar-refractivity contribution in [1.29, 1.82) is 0 Å². The maximum Gasteiger partial charge on any atom is 0.333 e. The van der Waals surface area contributed by atoms with E-state index in [4.69, 9.17) is 5.11 Å². The minimum atomic E-state index is -1.82. The highest BCUT2D eigenvalue weighted by atomic mass is 16.4. The van der Waals surface area contributed by atoms with Gasteiger partial charge in [0, 0.05) is 13.6 Å². The lowest BCUT2D eigenvalue weighted by Crippen LogP contribution is -2.53. The number of nitrogens with one attached hydrogen (secondary N) is 1. The Balaban J connectivity index is 5.10. The fourth-order valence-electron chi connectivity index (χ4n) is 2.85. The van der Waals surface area contributed by atoms with Gasteiger partial charge in [0.2, 0.25) is 11.8 Å². The van der Waals surface area contributed by atoms with Crippen LogP contribution in [0.25, 0.3) is 0 Å². The van der Waals surface area contributed by atoms with Crippen LogP contribution in [0.15, 0.2) is 25.3 Å². The zero-order valence-electron chi connectivity index (χ0n) is 17.4. The Kier molecular flexibility index (Phi) is 12.9. The lowest BCUT2D eigenvalue weighted by atomic mass is 9.93. The van der Waals surface area contributed by atoms with Gasteiger partial charge in [-0.05, 0) is 44.4 Å². The van der Waals surface area contributed by atoms with Crippen LogP contribution in [0.2, 0.25) is 0 Å². The molecule has 28 heavy (non-hydrogen) atoms. The van der Waals surface area contributed by atoms with E-state index in [0.717, 1.165) is 19.3 Å². The van der Waals surface area contributed by atoms with E-state index in [-0.39, 0.29) is 18.2 Å². The normalized spacial score (nSPS) is 14.0. The van der Waals surface area contributed by atoms with Crippen LogP contribution in [-0.2, 0) is 14.4 Å². The molecule has 0 rings (SSSR count). The van der Waals surface area contributed by atoms with Crippen molar-refractivity contribution in [3.63, 3.8) is 0 Å². The van der Waals surface area contributed by atoms with E-state index in [1.54, 1.807) is 18.0 Å². The number of amides is 2. The fraction of sp³-hybridized carbons (Fsp3) is 0.667. The molecule has 0 aliphatic carbocycles. The van der Waals surface area contributed by atoms with Gasteiger partial charge in [-0.25, -0.2) is 4.79 Å². The van der Waals surface area contributed by atoms with Gasteiger partial charge < -0.3 is 20.4 Å². The molecule has 2 amide bonds. The number of allylic oxidation sites excluding steroid dienone is 2. The highest BCUT2D eigenvalue weighted by molar-refractivity contribution is 5.91. The van der Waals surface area contributed by atoms with Crippen LogP contribution in [0.5, 0.6) is 0 Å². The lowest BCUT2D eigenvalue weighted by Gasteiger charge is -2.29. The molecular formula is C21H36N2O5. The summed E-state index contributed by atoms with van der Waals surface area (Å²) in [6.07, 6.45) is 5.65. The average Bonchev–Trinajstić information content (AvgIpc) is 2.65. The van der Waals surface area contributed by atoms with Gasteiger partial charge in [0.05, 0.1) is 5.92 Å². The van der Waals surface area contributed by atoms with Crippen molar-refractivity contribution < 1.29 is 24.6 Å². The Labute approximate surface area is 168 Å². The number of carboxylic acid groups (broad SMARTS) is 1. The van der Waals surface area contributed by atoms with Crippen molar-refractivity contribution in [3.05, 3.63) is 25.3 Å². The molecule has 7 nitrogen and oxygen atoms in total. The number of aliphatic hydroxyl groups excluding tert-OH is 1. The molecule has 0 spiro atoms. The molecule has 160 valence electrons. The number of carbonyl (C=O) groups is 3. The molecule has 0 heterocycles. The first kappa shape index (κ1) is 25.9. The maximum absolute atomic E-state index is 12.8. The second-order valence-electron chi connectivity index (χ2n) is 7.38. The molecular weight excluding hydrogens is 360 g/mol. The van der Waals surface area contributed by atoms with Crippen LogP contribution in [-0.4, -0.2) is 58.6 Å². The van der Waals surface area contributed by atoms with Gasteiger partial charge in [0.25, 0.3) is 0 Å².